The summed E-state index contributed by atoms with van der Waals surface area (Å²) in [5.41, 5.74) is 7.17. The van der Waals surface area contributed by atoms with E-state index in [0.717, 1.165) is 25.7 Å². The smallest absolute Gasteiger partial charge is 0.241 e. The zero-order valence-electron chi connectivity index (χ0n) is 15.2. The topological polar surface area (TPSA) is 75.4 Å². The van der Waals surface area contributed by atoms with Crippen molar-refractivity contribution in [1.29, 1.82) is 0 Å². The maximum atomic E-state index is 12.5. The number of halogens is 1. The van der Waals surface area contributed by atoms with Gasteiger partial charge in [0.25, 0.3) is 0 Å². The van der Waals surface area contributed by atoms with Crippen molar-refractivity contribution >= 4 is 24.2 Å². The molecular weight excluding hydrogens is 350 g/mol. The number of hydrogen-bond donors (Lipinski definition) is 2. The number of nitrogens with two attached hydrogens (primary N) is 1. The van der Waals surface area contributed by atoms with Gasteiger partial charge in [0.1, 0.15) is 0 Å². The molecule has 1 saturated heterocycles. The maximum absolute atomic E-state index is 12.5. The van der Waals surface area contributed by atoms with Crippen molar-refractivity contribution in [1.82, 2.24) is 10.2 Å². The van der Waals surface area contributed by atoms with Crippen LogP contribution in [0.4, 0.5) is 0 Å². The van der Waals surface area contributed by atoms with Gasteiger partial charge in [0.15, 0.2) is 0 Å². The van der Waals surface area contributed by atoms with Crippen LogP contribution >= 0.6 is 12.4 Å². The van der Waals surface area contributed by atoms with E-state index in [1.165, 1.54) is 12.0 Å². The lowest BCUT2D eigenvalue weighted by molar-refractivity contribution is -0.133. The Hall–Kier alpha value is -1.59. The van der Waals surface area contributed by atoms with Gasteiger partial charge in [-0.25, -0.2) is 0 Å². The van der Waals surface area contributed by atoms with E-state index in [1.807, 2.05) is 23.1 Å². The molecule has 6 heteroatoms. The van der Waals surface area contributed by atoms with Gasteiger partial charge >= 0.3 is 0 Å². The fourth-order valence-corrected chi connectivity index (χ4v) is 4.18. The molecule has 2 aliphatic rings. The number of amides is 2. The highest BCUT2D eigenvalue weighted by molar-refractivity contribution is 5.86. The molecule has 3 rings (SSSR count). The highest BCUT2D eigenvalue weighted by atomic mass is 35.5. The van der Waals surface area contributed by atoms with Gasteiger partial charge in [0.05, 0.1) is 6.54 Å². The standard InChI is InChI=1S/C20H29N3O2.ClH/c21-11-17-13-23(14-18(17)15-7-3-1-4-8-15)19(24)12-22-20(25)16-9-5-2-6-10-16;/h1,3-4,7-8,16-18H,2,5-6,9-14,21H2,(H,22,25);1H/t17-,18+;/m1./s1. The molecule has 0 radical (unpaired) electrons. The molecule has 144 valence electrons. The lowest BCUT2D eigenvalue weighted by Crippen LogP contribution is -2.41. The monoisotopic (exact) mass is 379 g/mol. The van der Waals surface area contributed by atoms with Crippen LogP contribution in [0.3, 0.4) is 0 Å². The zero-order valence-corrected chi connectivity index (χ0v) is 16.0. The molecule has 1 aromatic rings. The molecule has 3 N–H and O–H groups in total. The number of carbonyl (C=O) groups excluding carboxylic acids is 2. The van der Waals surface area contributed by atoms with Crippen molar-refractivity contribution in [3.8, 4) is 0 Å². The molecule has 2 amide bonds. The van der Waals surface area contributed by atoms with Crippen LogP contribution in [0.2, 0.25) is 0 Å². The minimum absolute atomic E-state index is 0. The quantitative estimate of drug-likeness (QED) is 0.824. The van der Waals surface area contributed by atoms with Gasteiger partial charge in [-0.1, -0.05) is 49.6 Å². The van der Waals surface area contributed by atoms with Crippen LogP contribution < -0.4 is 11.1 Å². The summed E-state index contributed by atoms with van der Waals surface area (Å²) < 4.78 is 0. The molecule has 26 heavy (non-hydrogen) atoms. The normalized spacial score (nSPS) is 23.3. The van der Waals surface area contributed by atoms with Crippen LogP contribution in [-0.2, 0) is 9.59 Å². The van der Waals surface area contributed by atoms with Crippen LogP contribution in [0, 0.1) is 11.8 Å². The Morgan fingerprint density at radius 3 is 2.42 bits per heavy atom. The highest BCUT2D eigenvalue weighted by Gasteiger charge is 2.35. The van der Waals surface area contributed by atoms with Crippen LogP contribution in [0.25, 0.3) is 0 Å². The molecular formula is C20H30ClN3O2. The van der Waals surface area contributed by atoms with Crippen LogP contribution in [0.5, 0.6) is 0 Å². The molecule has 2 atom stereocenters. The third-order valence-corrected chi connectivity index (χ3v) is 5.71. The Labute approximate surface area is 162 Å². The van der Waals surface area contributed by atoms with Gasteiger partial charge in [-0.05, 0) is 30.9 Å². The second-order valence-corrected chi connectivity index (χ2v) is 7.36. The molecule has 0 unspecified atom stereocenters. The van der Waals surface area contributed by atoms with Gasteiger partial charge in [0.2, 0.25) is 11.8 Å². The molecule has 1 aliphatic heterocycles. The Kier molecular flexibility index (Phi) is 7.91. The first-order chi connectivity index (χ1) is 12.2. The average molecular weight is 380 g/mol. The van der Waals surface area contributed by atoms with Gasteiger partial charge in [-0.15, -0.1) is 12.4 Å². The first-order valence-electron chi connectivity index (χ1n) is 9.49. The molecule has 1 aromatic carbocycles. The summed E-state index contributed by atoms with van der Waals surface area (Å²) in [5.74, 6) is 0.696. The molecule has 1 saturated carbocycles. The fourth-order valence-electron chi connectivity index (χ4n) is 4.18. The maximum Gasteiger partial charge on any atom is 0.241 e. The third kappa shape index (κ3) is 4.98. The van der Waals surface area contributed by atoms with E-state index in [4.69, 9.17) is 5.73 Å². The average Bonchev–Trinajstić information content (AvgIpc) is 3.12. The summed E-state index contributed by atoms with van der Waals surface area (Å²) in [4.78, 5) is 26.6. The Balaban J connectivity index is 0.00000243. The summed E-state index contributed by atoms with van der Waals surface area (Å²) in [6, 6.07) is 10.3. The van der Waals surface area contributed by atoms with Gasteiger partial charge in [-0.2, -0.15) is 0 Å². The highest BCUT2D eigenvalue weighted by Crippen LogP contribution is 2.32. The fraction of sp³-hybridized carbons (Fsp3) is 0.600. The summed E-state index contributed by atoms with van der Waals surface area (Å²) in [5, 5.41) is 2.86. The Morgan fingerprint density at radius 1 is 1.08 bits per heavy atom. The minimum atomic E-state index is 0. The molecule has 0 spiro atoms. The lowest BCUT2D eigenvalue weighted by Gasteiger charge is -2.22. The largest absolute Gasteiger partial charge is 0.347 e. The van der Waals surface area contributed by atoms with E-state index in [0.29, 0.717) is 19.6 Å². The number of rotatable bonds is 5. The van der Waals surface area contributed by atoms with Gasteiger partial charge in [0, 0.05) is 24.9 Å². The second kappa shape index (κ2) is 9.93. The summed E-state index contributed by atoms with van der Waals surface area (Å²) >= 11 is 0. The first-order valence-corrected chi connectivity index (χ1v) is 9.49. The van der Waals surface area contributed by atoms with Crippen LogP contribution in [0.15, 0.2) is 30.3 Å². The van der Waals surface area contributed by atoms with Crippen molar-refractivity contribution in [2.45, 2.75) is 38.0 Å². The zero-order chi connectivity index (χ0) is 17.6. The summed E-state index contributed by atoms with van der Waals surface area (Å²) in [6.45, 7) is 2.03. The van der Waals surface area contributed by atoms with Crippen molar-refractivity contribution < 1.29 is 9.59 Å². The molecule has 2 fully saturated rings. The van der Waals surface area contributed by atoms with Crippen molar-refractivity contribution in [2.75, 3.05) is 26.2 Å². The number of nitrogens with one attached hydrogen (secondary N) is 1. The van der Waals surface area contributed by atoms with E-state index in [2.05, 4.69) is 17.4 Å². The van der Waals surface area contributed by atoms with Crippen molar-refractivity contribution in [3.05, 3.63) is 35.9 Å². The molecule has 0 bridgehead atoms. The van der Waals surface area contributed by atoms with Crippen molar-refractivity contribution in [3.63, 3.8) is 0 Å². The van der Waals surface area contributed by atoms with Crippen molar-refractivity contribution in [2.24, 2.45) is 17.6 Å². The number of hydrogen-bond acceptors (Lipinski definition) is 3. The Bertz CT molecular complexity index is 590. The van der Waals surface area contributed by atoms with Gasteiger partial charge in [-0.3, -0.25) is 9.59 Å². The number of carbonyl (C=O) groups is 2. The second-order valence-electron chi connectivity index (χ2n) is 7.36. The molecule has 1 heterocycles. The predicted molar refractivity (Wildman–Crippen MR) is 105 cm³/mol. The van der Waals surface area contributed by atoms with Crippen LogP contribution in [-0.4, -0.2) is 42.9 Å². The number of benzene rings is 1. The van der Waals surface area contributed by atoms with E-state index in [9.17, 15) is 9.59 Å². The first kappa shape index (κ1) is 20.7. The lowest BCUT2D eigenvalue weighted by atomic mass is 9.89. The van der Waals surface area contributed by atoms with E-state index < -0.39 is 0 Å². The SMILES string of the molecule is Cl.NC[C@@H]1CN(C(=O)CNC(=O)C2CCCCC2)C[C@H]1c1ccccc1. The van der Waals surface area contributed by atoms with E-state index in [-0.39, 0.29) is 48.5 Å². The van der Waals surface area contributed by atoms with E-state index >= 15 is 0 Å². The number of likely N-dealkylation sites (tertiary alicyclic amines) is 1. The molecule has 0 aromatic heterocycles. The Morgan fingerprint density at radius 2 is 1.77 bits per heavy atom. The molecule has 5 nitrogen and oxygen atoms in total. The van der Waals surface area contributed by atoms with Gasteiger partial charge < -0.3 is 16.0 Å². The van der Waals surface area contributed by atoms with Crippen LogP contribution in [0.1, 0.15) is 43.6 Å². The minimum Gasteiger partial charge on any atom is -0.347 e. The molecule has 1 aliphatic carbocycles. The third-order valence-electron chi connectivity index (χ3n) is 5.71. The summed E-state index contributed by atoms with van der Waals surface area (Å²) in [7, 11) is 0. The summed E-state index contributed by atoms with van der Waals surface area (Å²) in [6.07, 6.45) is 5.37. The van der Waals surface area contributed by atoms with E-state index in [1.54, 1.807) is 0 Å². The predicted octanol–water partition coefficient (Wildman–Crippen LogP) is 2.31. The number of nitrogens with zero attached hydrogens (tertiary/aromatic N) is 1.